The topological polar surface area (TPSA) is 68.5 Å². The quantitative estimate of drug-likeness (QED) is 0.624. The van der Waals surface area contributed by atoms with E-state index in [1.807, 2.05) is 43.0 Å². The number of piperidine rings is 1. The molecule has 1 aliphatic rings. The average Bonchev–Trinajstić information content (AvgIpc) is 3.33. The first-order chi connectivity index (χ1) is 14.0. The van der Waals surface area contributed by atoms with Gasteiger partial charge in [-0.1, -0.05) is 12.1 Å². The maximum absolute atomic E-state index is 13.0. The van der Waals surface area contributed by atoms with Crippen LogP contribution < -0.4 is 4.74 Å². The van der Waals surface area contributed by atoms with E-state index in [-0.39, 0.29) is 11.8 Å². The van der Waals surface area contributed by atoms with Crippen LogP contribution >= 0.6 is 11.3 Å². The van der Waals surface area contributed by atoms with Gasteiger partial charge in [-0.3, -0.25) is 4.79 Å². The van der Waals surface area contributed by atoms with Gasteiger partial charge < -0.3 is 14.1 Å². The third-order valence-electron chi connectivity index (χ3n) is 5.24. The minimum atomic E-state index is 0.0703. The standard InChI is InChI=1S/C22H25N3O3S/c1-14-20(29-15(2)24-14)22(26)25-9-5-7-17(13-25)21-23-12-19(28-21)11-16-6-4-8-18(10-16)27-3/h4,6,8,10,12,17H,5,7,9,11,13H2,1-3H3/t17-/m0/s1. The van der Waals surface area contributed by atoms with E-state index in [2.05, 4.69) is 9.97 Å². The molecule has 1 amide bonds. The smallest absolute Gasteiger partial charge is 0.265 e. The Bertz CT molecular complexity index is 1010. The number of amides is 1. The summed E-state index contributed by atoms with van der Waals surface area (Å²) in [5.74, 6) is 2.57. The second-order valence-corrected chi connectivity index (χ2v) is 8.63. The Morgan fingerprint density at radius 3 is 3.00 bits per heavy atom. The number of oxazole rings is 1. The molecule has 29 heavy (non-hydrogen) atoms. The number of carbonyl (C=O) groups excluding carboxylic acids is 1. The zero-order valence-electron chi connectivity index (χ0n) is 17.0. The summed E-state index contributed by atoms with van der Waals surface area (Å²) in [6.45, 7) is 5.23. The molecule has 0 radical (unpaired) electrons. The maximum atomic E-state index is 13.0. The van der Waals surface area contributed by atoms with Gasteiger partial charge >= 0.3 is 0 Å². The molecule has 1 fully saturated rings. The highest BCUT2D eigenvalue weighted by atomic mass is 32.1. The highest BCUT2D eigenvalue weighted by Gasteiger charge is 2.30. The van der Waals surface area contributed by atoms with Gasteiger partial charge in [0.15, 0.2) is 5.89 Å². The predicted octanol–water partition coefficient (Wildman–Crippen LogP) is 4.37. The minimum absolute atomic E-state index is 0.0703. The first-order valence-electron chi connectivity index (χ1n) is 9.84. The van der Waals surface area contributed by atoms with Crippen molar-refractivity contribution in [2.24, 2.45) is 0 Å². The van der Waals surface area contributed by atoms with Crippen LogP contribution in [0, 0.1) is 13.8 Å². The number of aromatic nitrogens is 2. The van der Waals surface area contributed by atoms with E-state index in [1.54, 1.807) is 13.3 Å². The van der Waals surface area contributed by atoms with Crippen molar-refractivity contribution in [3.63, 3.8) is 0 Å². The Morgan fingerprint density at radius 2 is 2.24 bits per heavy atom. The lowest BCUT2D eigenvalue weighted by Crippen LogP contribution is -2.39. The van der Waals surface area contributed by atoms with Gasteiger partial charge in [0.05, 0.1) is 29.9 Å². The van der Waals surface area contributed by atoms with Crippen molar-refractivity contribution in [2.75, 3.05) is 20.2 Å². The van der Waals surface area contributed by atoms with E-state index in [4.69, 9.17) is 9.15 Å². The van der Waals surface area contributed by atoms with Crippen molar-refractivity contribution in [3.05, 3.63) is 63.3 Å². The normalized spacial score (nSPS) is 16.8. The highest BCUT2D eigenvalue weighted by Crippen LogP contribution is 2.29. The summed E-state index contributed by atoms with van der Waals surface area (Å²) in [6, 6.07) is 7.95. The van der Waals surface area contributed by atoms with Crippen LogP contribution in [0.3, 0.4) is 0 Å². The Hall–Kier alpha value is -2.67. The summed E-state index contributed by atoms with van der Waals surface area (Å²) in [7, 11) is 1.66. The van der Waals surface area contributed by atoms with Crippen molar-refractivity contribution in [1.29, 1.82) is 0 Å². The van der Waals surface area contributed by atoms with E-state index in [0.717, 1.165) is 57.9 Å². The van der Waals surface area contributed by atoms with Crippen LogP contribution in [0.2, 0.25) is 0 Å². The zero-order chi connectivity index (χ0) is 20.4. The number of aryl methyl sites for hydroxylation is 2. The van der Waals surface area contributed by atoms with Gasteiger partial charge in [0.1, 0.15) is 16.4 Å². The van der Waals surface area contributed by atoms with Gasteiger partial charge in [0.2, 0.25) is 0 Å². The van der Waals surface area contributed by atoms with Crippen molar-refractivity contribution in [2.45, 2.75) is 39.0 Å². The summed E-state index contributed by atoms with van der Waals surface area (Å²) < 4.78 is 11.3. The molecule has 0 unspecified atom stereocenters. The fourth-order valence-corrected chi connectivity index (χ4v) is 4.70. The van der Waals surface area contributed by atoms with E-state index < -0.39 is 0 Å². The van der Waals surface area contributed by atoms with Crippen LogP contribution in [0.1, 0.15) is 56.3 Å². The Kier molecular flexibility index (Phi) is 5.67. The monoisotopic (exact) mass is 411 g/mol. The average molecular weight is 412 g/mol. The Balaban J connectivity index is 1.45. The number of likely N-dealkylation sites (tertiary alicyclic amines) is 1. The molecule has 1 aromatic carbocycles. The first kappa shape index (κ1) is 19.6. The molecule has 152 valence electrons. The zero-order valence-corrected chi connectivity index (χ0v) is 17.8. The lowest BCUT2D eigenvalue weighted by Gasteiger charge is -2.31. The number of thiazole rings is 1. The molecule has 1 atom stereocenters. The molecule has 1 saturated heterocycles. The van der Waals surface area contributed by atoms with E-state index >= 15 is 0 Å². The Morgan fingerprint density at radius 1 is 1.38 bits per heavy atom. The molecule has 6 nitrogen and oxygen atoms in total. The van der Waals surface area contributed by atoms with Gasteiger partial charge in [0.25, 0.3) is 5.91 Å². The molecular weight excluding hydrogens is 386 g/mol. The highest BCUT2D eigenvalue weighted by molar-refractivity contribution is 7.13. The number of ether oxygens (including phenoxy) is 1. The van der Waals surface area contributed by atoms with Gasteiger partial charge in [-0.25, -0.2) is 9.97 Å². The van der Waals surface area contributed by atoms with E-state index in [9.17, 15) is 4.79 Å². The molecule has 0 aliphatic carbocycles. The van der Waals surface area contributed by atoms with Crippen LogP contribution in [0.5, 0.6) is 5.75 Å². The van der Waals surface area contributed by atoms with E-state index in [0.29, 0.717) is 13.0 Å². The van der Waals surface area contributed by atoms with Crippen LogP contribution in [-0.2, 0) is 6.42 Å². The maximum Gasteiger partial charge on any atom is 0.265 e. The van der Waals surface area contributed by atoms with Gasteiger partial charge in [-0.15, -0.1) is 11.3 Å². The largest absolute Gasteiger partial charge is 0.497 e. The van der Waals surface area contributed by atoms with Crippen LogP contribution in [0.15, 0.2) is 34.9 Å². The SMILES string of the molecule is COc1cccc(Cc2cnc([C@H]3CCCN(C(=O)c4sc(C)nc4C)C3)o2)c1. The summed E-state index contributed by atoms with van der Waals surface area (Å²) in [5, 5.41) is 0.925. The van der Waals surface area contributed by atoms with Gasteiger partial charge in [0, 0.05) is 19.5 Å². The van der Waals surface area contributed by atoms with E-state index in [1.165, 1.54) is 11.3 Å². The second kappa shape index (κ2) is 8.37. The molecule has 0 N–H and O–H groups in total. The molecule has 3 aromatic rings. The molecule has 2 aromatic heterocycles. The Labute approximate surface area is 174 Å². The molecule has 0 bridgehead atoms. The fraction of sp³-hybridized carbons (Fsp3) is 0.409. The first-order valence-corrected chi connectivity index (χ1v) is 10.7. The number of benzene rings is 1. The van der Waals surface area contributed by atoms with Crippen molar-refractivity contribution < 1.29 is 13.9 Å². The van der Waals surface area contributed by atoms with Crippen molar-refractivity contribution in [3.8, 4) is 5.75 Å². The van der Waals surface area contributed by atoms with Gasteiger partial charge in [-0.2, -0.15) is 0 Å². The summed E-state index contributed by atoms with van der Waals surface area (Å²) in [5.41, 5.74) is 1.93. The molecule has 7 heteroatoms. The molecule has 1 aliphatic heterocycles. The number of hydrogen-bond donors (Lipinski definition) is 0. The third-order valence-corrected chi connectivity index (χ3v) is 6.30. The van der Waals surface area contributed by atoms with Crippen molar-refractivity contribution in [1.82, 2.24) is 14.9 Å². The molecular formula is C22H25N3O3S. The fourth-order valence-electron chi connectivity index (χ4n) is 3.81. The molecule has 0 spiro atoms. The molecule has 0 saturated carbocycles. The minimum Gasteiger partial charge on any atom is -0.497 e. The summed E-state index contributed by atoms with van der Waals surface area (Å²) in [6.07, 6.45) is 4.38. The van der Waals surface area contributed by atoms with Crippen LogP contribution in [0.25, 0.3) is 0 Å². The lowest BCUT2D eigenvalue weighted by molar-refractivity contribution is 0.0702. The number of hydrogen-bond acceptors (Lipinski definition) is 6. The number of methoxy groups -OCH3 is 1. The van der Waals surface area contributed by atoms with Crippen molar-refractivity contribution >= 4 is 17.2 Å². The third kappa shape index (κ3) is 4.34. The van der Waals surface area contributed by atoms with Gasteiger partial charge in [-0.05, 0) is 44.4 Å². The summed E-state index contributed by atoms with van der Waals surface area (Å²) in [4.78, 5) is 24.5. The lowest BCUT2D eigenvalue weighted by atomic mass is 9.98. The molecule has 4 rings (SSSR count). The number of nitrogens with zero attached hydrogens (tertiary/aromatic N) is 3. The van der Waals surface area contributed by atoms with Crippen LogP contribution in [0.4, 0.5) is 0 Å². The summed E-state index contributed by atoms with van der Waals surface area (Å²) >= 11 is 1.47. The predicted molar refractivity (Wildman–Crippen MR) is 112 cm³/mol. The number of carbonyl (C=O) groups is 1. The molecule has 3 heterocycles. The van der Waals surface area contributed by atoms with Crippen LogP contribution in [-0.4, -0.2) is 41.0 Å². The number of rotatable bonds is 5. The second-order valence-electron chi connectivity index (χ2n) is 7.43.